The van der Waals surface area contributed by atoms with Gasteiger partial charge in [0.05, 0.1) is 25.3 Å². The number of methoxy groups -OCH3 is 1. The molecule has 0 aliphatic carbocycles. The Morgan fingerprint density at radius 2 is 1.96 bits per heavy atom. The summed E-state index contributed by atoms with van der Waals surface area (Å²) in [6, 6.07) is 7.36. The molecule has 130 valence electrons. The third-order valence-electron chi connectivity index (χ3n) is 3.85. The predicted octanol–water partition coefficient (Wildman–Crippen LogP) is 3.08. The molecule has 1 aromatic carbocycles. The lowest BCUT2D eigenvalue weighted by Gasteiger charge is -2.29. The number of carbonyl (C=O) groups excluding carboxylic acids is 1. The van der Waals surface area contributed by atoms with Crippen molar-refractivity contribution in [1.29, 1.82) is 0 Å². The Bertz CT molecular complexity index is 638. The highest BCUT2D eigenvalue weighted by molar-refractivity contribution is 7.80. The van der Waals surface area contributed by atoms with Crippen LogP contribution in [-0.4, -0.2) is 24.8 Å². The van der Waals surface area contributed by atoms with Crippen LogP contribution in [0.25, 0.3) is 0 Å². The van der Waals surface area contributed by atoms with Crippen molar-refractivity contribution >= 4 is 23.3 Å². The van der Waals surface area contributed by atoms with Crippen molar-refractivity contribution in [1.82, 2.24) is 10.6 Å². The Hall–Kier alpha value is -2.08. The quantitative estimate of drug-likeness (QED) is 0.609. The first-order valence-electron chi connectivity index (χ1n) is 8.01. The first-order valence-corrected chi connectivity index (χ1v) is 8.42. The zero-order chi connectivity index (χ0) is 17.7. The highest BCUT2D eigenvalue weighted by atomic mass is 32.1. The van der Waals surface area contributed by atoms with Gasteiger partial charge in [-0.2, -0.15) is 0 Å². The van der Waals surface area contributed by atoms with E-state index < -0.39 is 0 Å². The summed E-state index contributed by atoms with van der Waals surface area (Å²) in [4.78, 5) is 12.1. The third-order valence-corrected chi connectivity index (χ3v) is 4.07. The van der Waals surface area contributed by atoms with E-state index in [2.05, 4.69) is 24.5 Å². The van der Waals surface area contributed by atoms with Gasteiger partial charge in [-0.25, -0.2) is 4.79 Å². The molecule has 0 unspecified atom stereocenters. The average Bonchev–Trinajstić information content (AvgIpc) is 2.54. The van der Waals surface area contributed by atoms with E-state index in [9.17, 15) is 4.79 Å². The predicted molar refractivity (Wildman–Crippen MR) is 97.7 cm³/mol. The van der Waals surface area contributed by atoms with E-state index in [1.165, 1.54) is 7.11 Å². The molecule has 1 heterocycles. The summed E-state index contributed by atoms with van der Waals surface area (Å²) in [6.07, 6.45) is 1.01. The molecule has 1 aromatic rings. The molecule has 5 nitrogen and oxygen atoms in total. The molecule has 1 atom stereocenters. The van der Waals surface area contributed by atoms with Gasteiger partial charge < -0.3 is 20.1 Å². The summed E-state index contributed by atoms with van der Waals surface area (Å²) in [5, 5.41) is 6.58. The second kappa shape index (κ2) is 8.15. The zero-order valence-corrected chi connectivity index (χ0v) is 15.3. The molecule has 0 radical (unpaired) electrons. The summed E-state index contributed by atoms with van der Waals surface area (Å²) >= 11 is 5.21. The normalized spacial score (nSPS) is 17.4. The summed E-state index contributed by atoms with van der Waals surface area (Å²) in [7, 11) is 1.37. The minimum atomic E-state index is -0.378. The largest absolute Gasteiger partial charge is 0.494 e. The Labute approximate surface area is 148 Å². The number of allylic oxidation sites excluding steroid dienone is 1. The topological polar surface area (TPSA) is 59.6 Å². The lowest BCUT2D eigenvalue weighted by Crippen LogP contribution is -2.45. The number of esters is 1. The number of benzene rings is 1. The summed E-state index contributed by atoms with van der Waals surface area (Å²) in [5.41, 5.74) is 2.15. The van der Waals surface area contributed by atoms with Crippen LogP contribution in [-0.2, 0) is 9.53 Å². The standard InChI is InChI=1S/C18H24N2O3S/c1-11(2)9-10-23-14-7-5-13(6-8-14)16-15(17(21)22-4)12(3)19-18(24)20-16/h5-8,11,16H,9-10H2,1-4H3,(H2,19,20,24)/t16-/m0/s1. The molecular weight excluding hydrogens is 324 g/mol. The molecule has 0 fully saturated rings. The van der Waals surface area contributed by atoms with Gasteiger partial charge in [-0.3, -0.25) is 0 Å². The van der Waals surface area contributed by atoms with Crippen LogP contribution in [0, 0.1) is 5.92 Å². The molecule has 2 N–H and O–H groups in total. The fourth-order valence-corrected chi connectivity index (χ4v) is 2.76. The van der Waals surface area contributed by atoms with E-state index in [1.54, 1.807) is 0 Å². The SMILES string of the molecule is COC(=O)C1=C(C)NC(=S)N[C@H]1c1ccc(OCCC(C)C)cc1. The monoisotopic (exact) mass is 348 g/mol. The molecule has 6 heteroatoms. The van der Waals surface area contributed by atoms with E-state index in [1.807, 2.05) is 31.2 Å². The molecule has 2 rings (SSSR count). The lowest BCUT2D eigenvalue weighted by molar-refractivity contribution is -0.136. The number of rotatable bonds is 6. The fourth-order valence-electron chi connectivity index (χ4n) is 2.49. The highest BCUT2D eigenvalue weighted by Crippen LogP contribution is 2.28. The Balaban J connectivity index is 2.18. The Morgan fingerprint density at radius 3 is 2.54 bits per heavy atom. The smallest absolute Gasteiger partial charge is 0.337 e. The van der Waals surface area contributed by atoms with E-state index in [0.29, 0.717) is 28.9 Å². The van der Waals surface area contributed by atoms with Crippen molar-refractivity contribution in [2.75, 3.05) is 13.7 Å². The molecule has 0 saturated heterocycles. The number of thiocarbonyl (C=S) groups is 1. The van der Waals surface area contributed by atoms with Crippen molar-refractivity contribution in [3.8, 4) is 5.75 Å². The van der Waals surface area contributed by atoms with E-state index >= 15 is 0 Å². The van der Waals surface area contributed by atoms with Crippen molar-refractivity contribution < 1.29 is 14.3 Å². The second-order valence-corrected chi connectivity index (χ2v) is 6.57. The van der Waals surface area contributed by atoms with Gasteiger partial charge in [0.2, 0.25) is 0 Å². The molecule has 0 spiro atoms. The van der Waals surface area contributed by atoms with Crippen molar-refractivity contribution in [2.24, 2.45) is 5.92 Å². The molecule has 0 bridgehead atoms. The molecule has 1 aliphatic heterocycles. The lowest BCUT2D eigenvalue weighted by atomic mass is 9.95. The molecule has 0 aromatic heterocycles. The number of carbonyl (C=O) groups is 1. The van der Waals surface area contributed by atoms with Crippen LogP contribution in [0.15, 0.2) is 35.5 Å². The van der Waals surface area contributed by atoms with E-state index in [-0.39, 0.29) is 12.0 Å². The van der Waals surface area contributed by atoms with Crippen LogP contribution < -0.4 is 15.4 Å². The van der Waals surface area contributed by atoms with Crippen LogP contribution in [0.4, 0.5) is 0 Å². The first kappa shape index (κ1) is 18.3. The Morgan fingerprint density at radius 1 is 1.29 bits per heavy atom. The minimum absolute atomic E-state index is 0.337. The fraction of sp³-hybridized carbons (Fsp3) is 0.444. The van der Waals surface area contributed by atoms with Crippen molar-refractivity contribution in [3.05, 3.63) is 41.1 Å². The maximum atomic E-state index is 12.1. The van der Waals surface area contributed by atoms with Gasteiger partial charge in [-0.15, -0.1) is 0 Å². The van der Waals surface area contributed by atoms with Crippen LogP contribution in [0.1, 0.15) is 38.8 Å². The van der Waals surface area contributed by atoms with Crippen molar-refractivity contribution in [2.45, 2.75) is 33.2 Å². The highest BCUT2D eigenvalue weighted by Gasteiger charge is 2.30. The zero-order valence-electron chi connectivity index (χ0n) is 14.5. The molecule has 0 saturated carbocycles. The Kier molecular flexibility index (Phi) is 6.20. The minimum Gasteiger partial charge on any atom is -0.494 e. The maximum Gasteiger partial charge on any atom is 0.337 e. The number of ether oxygens (including phenoxy) is 2. The molecule has 1 aliphatic rings. The number of hydrogen-bond donors (Lipinski definition) is 2. The first-order chi connectivity index (χ1) is 11.4. The van der Waals surface area contributed by atoms with Crippen LogP contribution in [0.2, 0.25) is 0 Å². The summed E-state index contributed by atoms with van der Waals surface area (Å²) in [6.45, 7) is 6.84. The summed E-state index contributed by atoms with van der Waals surface area (Å²) < 4.78 is 10.6. The van der Waals surface area contributed by atoms with E-state index in [4.69, 9.17) is 21.7 Å². The summed E-state index contributed by atoms with van der Waals surface area (Å²) in [5.74, 6) is 1.05. The maximum absolute atomic E-state index is 12.1. The third kappa shape index (κ3) is 4.47. The molecule has 0 amide bonds. The average molecular weight is 348 g/mol. The molecule has 24 heavy (non-hydrogen) atoms. The van der Waals surface area contributed by atoms with Crippen LogP contribution in [0.3, 0.4) is 0 Å². The van der Waals surface area contributed by atoms with Gasteiger partial charge in [0, 0.05) is 5.70 Å². The van der Waals surface area contributed by atoms with Gasteiger partial charge in [0.25, 0.3) is 0 Å². The number of nitrogens with one attached hydrogen (secondary N) is 2. The van der Waals surface area contributed by atoms with Gasteiger partial charge >= 0.3 is 5.97 Å². The molecular formula is C18H24N2O3S. The van der Waals surface area contributed by atoms with E-state index in [0.717, 1.165) is 17.7 Å². The second-order valence-electron chi connectivity index (χ2n) is 6.16. The van der Waals surface area contributed by atoms with Gasteiger partial charge in [-0.1, -0.05) is 26.0 Å². The van der Waals surface area contributed by atoms with Gasteiger partial charge in [0.1, 0.15) is 5.75 Å². The van der Waals surface area contributed by atoms with Crippen LogP contribution in [0.5, 0.6) is 5.75 Å². The van der Waals surface area contributed by atoms with Gasteiger partial charge in [0.15, 0.2) is 5.11 Å². The van der Waals surface area contributed by atoms with Crippen molar-refractivity contribution in [3.63, 3.8) is 0 Å². The van der Waals surface area contributed by atoms with Gasteiger partial charge in [-0.05, 0) is 49.2 Å². The number of hydrogen-bond acceptors (Lipinski definition) is 4. The van der Waals surface area contributed by atoms with Crippen LogP contribution >= 0.6 is 12.2 Å².